The first kappa shape index (κ1) is 35.4. The summed E-state index contributed by atoms with van der Waals surface area (Å²) in [5.74, 6) is -0.0670. The van der Waals surface area contributed by atoms with Crippen molar-refractivity contribution in [1.29, 1.82) is 0 Å². The number of aliphatic hydroxyl groups excluding tert-OH is 1. The molecule has 12 heteroatoms. The Morgan fingerprint density at radius 2 is 1.54 bits per heavy atom. The molecule has 1 aliphatic rings. The first-order valence-corrected chi connectivity index (χ1v) is 16.9. The molecule has 1 saturated heterocycles. The smallest absolute Gasteiger partial charge is 0.224 e. The van der Waals surface area contributed by atoms with Crippen LogP contribution >= 0.6 is 23.2 Å². The molecule has 3 unspecified atom stereocenters. The minimum Gasteiger partial charge on any atom is -0.397 e. The first-order chi connectivity index (χ1) is 23.3. The number of nitrogens with zero attached hydrogens (tertiary/aromatic N) is 2. The van der Waals surface area contributed by atoms with Crippen molar-refractivity contribution in [2.45, 2.75) is 83.1 Å². The molecule has 0 saturated carbocycles. The maximum absolute atomic E-state index is 12.5. The fourth-order valence-corrected chi connectivity index (χ4v) is 5.87. The van der Waals surface area contributed by atoms with Gasteiger partial charge in [0.05, 0.1) is 43.1 Å². The van der Waals surface area contributed by atoms with E-state index in [0.29, 0.717) is 48.9 Å². The maximum atomic E-state index is 12.5. The zero-order valence-corrected chi connectivity index (χ0v) is 28.1. The minimum atomic E-state index is -0.629. The van der Waals surface area contributed by atoms with Crippen molar-refractivity contribution in [3.63, 3.8) is 0 Å². The third-order valence-electron chi connectivity index (χ3n) is 8.28. The molecule has 1 aliphatic heterocycles. The summed E-state index contributed by atoms with van der Waals surface area (Å²) < 4.78 is 14.6. The molecule has 0 bridgehead atoms. The molecular weight excluding hydrogens is 653 g/mol. The zero-order chi connectivity index (χ0) is 33.9. The number of hydrogen-bond donors (Lipinski definition) is 4. The number of aliphatic hydroxyl groups is 1. The van der Waals surface area contributed by atoms with Crippen LogP contribution in [0.4, 0.5) is 11.4 Å². The standard InChI is InChI=1S/C36H41Cl2N5O5/c37-34-35(38)43(23-41-34)21-28-19-31(26-15-13-25(22-44)14-16-26)48-36(47-28)27-17-11-24(12-18-27)20-40-32(45)9-3-1-2-4-10-33(46)42-30-8-6-5-7-29(30)39/h5-8,11-18,23,28,31,36,44H,1-4,9-10,19-22,39H2,(H,40,45)(H,42,46). The van der Waals surface area contributed by atoms with Crippen LogP contribution in [-0.4, -0.2) is 32.6 Å². The summed E-state index contributed by atoms with van der Waals surface area (Å²) in [5.41, 5.74) is 10.7. The fraction of sp³-hybridized carbons (Fsp3) is 0.361. The van der Waals surface area contributed by atoms with Crippen molar-refractivity contribution in [1.82, 2.24) is 14.9 Å². The minimum absolute atomic E-state index is 0.00788. The van der Waals surface area contributed by atoms with Gasteiger partial charge in [0.15, 0.2) is 11.4 Å². The number of rotatable bonds is 15. The number of hydrogen-bond acceptors (Lipinski definition) is 7. The van der Waals surface area contributed by atoms with Gasteiger partial charge in [-0.15, -0.1) is 0 Å². The van der Waals surface area contributed by atoms with Gasteiger partial charge in [0.2, 0.25) is 11.8 Å². The van der Waals surface area contributed by atoms with E-state index in [1.807, 2.05) is 60.7 Å². The number of carbonyl (C=O) groups excluding carboxylic acids is 2. The van der Waals surface area contributed by atoms with E-state index in [1.165, 1.54) is 0 Å². The summed E-state index contributed by atoms with van der Waals surface area (Å²) in [5, 5.41) is 15.9. The van der Waals surface area contributed by atoms with Crippen molar-refractivity contribution in [2.24, 2.45) is 0 Å². The van der Waals surface area contributed by atoms with Crippen LogP contribution in [0.2, 0.25) is 10.3 Å². The molecule has 0 spiro atoms. The van der Waals surface area contributed by atoms with E-state index in [0.717, 1.165) is 47.9 Å². The quantitative estimate of drug-likeness (QED) is 0.0769. The monoisotopic (exact) mass is 693 g/mol. The van der Waals surface area contributed by atoms with Gasteiger partial charge in [-0.25, -0.2) is 4.98 Å². The average Bonchev–Trinajstić information content (AvgIpc) is 3.42. The fourth-order valence-electron chi connectivity index (χ4n) is 5.55. The molecule has 2 amide bonds. The molecule has 3 atom stereocenters. The Labute approximate surface area is 290 Å². The Morgan fingerprint density at radius 3 is 2.21 bits per heavy atom. The lowest BCUT2D eigenvalue weighted by atomic mass is 10.00. The predicted molar refractivity (Wildman–Crippen MR) is 186 cm³/mol. The van der Waals surface area contributed by atoms with E-state index < -0.39 is 6.29 Å². The number of carbonyl (C=O) groups is 2. The van der Waals surface area contributed by atoms with Gasteiger partial charge < -0.3 is 35.5 Å². The number of ether oxygens (including phenoxy) is 2. The van der Waals surface area contributed by atoms with Gasteiger partial charge in [-0.05, 0) is 41.7 Å². The number of benzene rings is 3. The molecule has 10 nitrogen and oxygen atoms in total. The molecular formula is C36H41Cl2N5O5. The number of imidazole rings is 1. The highest BCUT2D eigenvalue weighted by molar-refractivity contribution is 6.40. The summed E-state index contributed by atoms with van der Waals surface area (Å²) in [6.45, 7) is 0.838. The van der Waals surface area contributed by atoms with Crippen LogP contribution < -0.4 is 16.4 Å². The normalized spacial score (nSPS) is 17.6. The Morgan fingerprint density at radius 1 is 0.875 bits per heavy atom. The van der Waals surface area contributed by atoms with Gasteiger partial charge in [0, 0.05) is 31.4 Å². The summed E-state index contributed by atoms with van der Waals surface area (Å²) in [7, 11) is 0. The van der Waals surface area contributed by atoms with Crippen LogP contribution in [-0.2, 0) is 38.8 Å². The van der Waals surface area contributed by atoms with Gasteiger partial charge in [0.1, 0.15) is 5.15 Å². The van der Waals surface area contributed by atoms with Crippen molar-refractivity contribution < 1.29 is 24.2 Å². The topological polar surface area (TPSA) is 141 Å². The highest BCUT2D eigenvalue weighted by atomic mass is 35.5. The van der Waals surface area contributed by atoms with Crippen LogP contribution in [0.1, 0.15) is 79.6 Å². The van der Waals surface area contributed by atoms with E-state index in [-0.39, 0.29) is 35.8 Å². The molecule has 1 fully saturated rings. The second-order valence-corrected chi connectivity index (χ2v) is 12.6. The molecule has 3 aromatic carbocycles. The Balaban J connectivity index is 1.07. The first-order valence-electron chi connectivity index (χ1n) is 16.2. The lowest BCUT2D eigenvalue weighted by Gasteiger charge is -2.36. The number of nitrogens with two attached hydrogens (primary N) is 1. The van der Waals surface area contributed by atoms with Crippen LogP contribution in [0.5, 0.6) is 0 Å². The predicted octanol–water partition coefficient (Wildman–Crippen LogP) is 7.11. The number of nitrogen functional groups attached to an aromatic ring is 1. The molecule has 0 aliphatic carbocycles. The lowest BCUT2D eigenvalue weighted by molar-refractivity contribution is -0.252. The SMILES string of the molecule is Nc1ccccc1NC(=O)CCCCCCC(=O)NCc1ccc(C2OC(Cn3cnc(Cl)c3Cl)CC(c3ccc(CO)cc3)O2)cc1. The van der Waals surface area contributed by atoms with E-state index in [4.69, 9.17) is 38.4 Å². The maximum Gasteiger partial charge on any atom is 0.224 e. The Bertz CT molecular complexity index is 1650. The molecule has 4 aromatic rings. The number of unbranched alkanes of at least 4 members (excludes halogenated alkanes) is 3. The number of para-hydroxylation sites is 2. The van der Waals surface area contributed by atoms with Gasteiger partial charge in [0.25, 0.3) is 0 Å². The molecule has 2 heterocycles. The number of anilines is 2. The van der Waals surface area contributed by atoms with Gasteiger partial charge in [-0.3, -0.25) is 9.59 Å². The van der Waals surface area contributed by atoms with E-state index in [1.54, 1.807) is 23.0 Å². The van der Waals surface area contributed by atoms with Gasteiger partial charge in [-0.2, -0.15) is 0 Å². The largest absolute Gasteiger partial charge is 0.397 e. The number of halogens is 2. The van der Waals surface area contributed by atoms with Crippen molar-refractivity contribution in [3.8, 4) is 0 Å². The van der Waals surface area contributed by atoms with E-state index in [2.05, 4.69) is 15.6 Å². The zero-order valence-electron chi connectivity index (χ0n) is 26.6. The van der Waals surface area contributed by atoms with Gasteiger partial charge >= 0.3 is 0 Å². The summed E-state index contributed by atoms with van der Waals surface area (Å²) in [6.07, 6.45) is 5.18. The Hall–Kier alpha value is -3.93. The van der Waals surface area contributed by atoms with E-state index in [9.17, 15) is 14.7 Å². The van der Waals surface area contributed by atoms with Crippen molar-refractivity contribution in [2.75, 3.05) is 11.1 Å². The van der Waals surface area contributed by atoms with Crippen LogP contribution in [0.25, 0.3) is 0 Å². The average molecular weight is 695 g/mol. The van der Waals surface area contributed by atoms with Gasteiger partial charge in [-0.1, -0.05) is 96.7 Å². The second-order valence-electron chi connectivity index (χ2n) is 11.9. The molecule has 0 radical (unpaired) electrons. The number of aromatic nitrogens is 2. The van der Waals surface area contributed by atoms with E-state index >= 15 is 0 Å². The van der Waals surface area contributed by atoms with Crippen molar-refractivity contribution in [3.05, 3.63) is 112 Å². The summed E-state index contributed by atoms with van der Waals surface area (Å²) in [4.78, 5) is 28.7. The second kappa shape index (κ2) is 17.5. The highest BCUT2D eigenvalue weighted by Gasteiger charge is 2.33. The third-order valence-corrected chi connectivity index (χ3v) is 9.05. The molecule has 1 aromatic heterocycles. The molecule has 5 rings (SSSR count). The number of amides is 2. The summed E-state index contributed by atoms with van der Waals surface area (Å²) in [6, 6.07) is 22.7. The molecule has 5 N–H and O–H groups in total. The van der Waals surface area contributed by atoms with Crippen LogP contribution in [0, 0.1) is 0 Å². The molecule has 48 heavy (non-hydrogen) atoms. The Kier molecular flexibility index (Phi) is 12.9. The van der Waals surface area contributed by atoms with Crippen LogP contribution in [0.15, 0.2) is 79.1 Å². The molecule has 254 valence electrons. The third kappa shape index (κ3) is 10.0. The van der Waals surface area contributed by atoms with Crippen LogP contribution in [0.3, 0.4) is 0 Å². The number of nitrogens with one attached hydrogen (secondary N) is 2. The summed E-state index contributed by atoms with van der Waals surface area (Å²) >= 11 is 12.4. The van der Waals surface area contributed by atoms with Crippen molar-refractivity contribution >= 4 is 46.4 Å². The highest BCUT2D eigenvalue weighted by Crippen LogP contribution is 2.39. The lowest BCUT2D eigenvalue weighted by Crippen LogP contribution is -2.32.